The molecule has 0 bridgehead atoms. The quantitative estimate of drug-likeness (QED) is 0.0335. The molecule has 2 aliphatic rings. The molecular weight excluding hydrogens is 1080 g/mol. The van der Waals surface area contributed by atoms with Crippen molar-refractivity contribution in [1.82, 2.24) is 30.2 Å². The number of phosphoric acid groups is 3. The lowest BCUT2D eigenvalue weighted by Crippen LogP contribution is -2.46. The molecule has 2 amide bonds. The number of benzene rings is 3. The second-order valence-corrected chi connectivity index (χ2v) is 25.8. The average Bonchev–Trinajstić information content (AvgIpc) is 3.93. The molecule has 1 fully saturated rings. The second-order valence-electron chi connectivity index (χ2n) is 20.5. The number of anilines is 1. The zero-order valence-electron chi connectivity index (χ0n) is 42.2. The second kappa shape index (κ2) is 23.0. The number of amides is 2. The lowest BCUT2D eigenvalue weighted by molar-refractivity contribution is -0.137. The summed E-state index contributed by atoms with van der Waals surface area (Å²) in [5, 5.41) is 39.7. The third kappa shape index (κ3) is 14.2. The molecule has 0 radical (unpaired) electrons. The topological polar surface area (TPSA) is 384 Å². The summed E-state index contributed by atoms with van der Waals surface area (Å²) in [4.78, 5) is 89.8. The SMILES string of the molecule is CC1(C)CCC(C)(C)c2cc([C@@H](O)c3ccc4cc(C(=O)SCCNC(=O)CCNC(=O)C(O)C(C)(C)COP(=O)(O)OP(=O)(O)OCC5OC(n6cnc7c(N)ncnc76)C(O)C5OP(=O)(O)O)ccc4c3)ccc21. The number of carbonyl (C=O) groups is 3. The van der Waals surface area contributed by atoms with Gasteiger partial charge in [0.25, 0.3) is 0 Å². The molecule has 3 heterocycles. The molecule has 29 heteroatoms. The third-order valence-corrected chi connectivity index (χ3v) is 17.3. The molecule has 0 saturated carbocycles. The van der Waals surface area contributed by atoms with Gasteiger partial charge in [0, 0.05) is 36.2 Å². The van der Waals surface area contributed by atoms with E-state index < -0.39 is 90.7 Å². The minimum Gasteiger partial charge on any atom is -0.386 e. The van der Waals surface area contributed by atoms with E-state index in [1.165, 1.54) is 25.0 Å². The van der Waals surface area contributed by atoms with E-state index in [-0.39, 0.29) is 58.2 Å². The predicted octanol–water partition coefficient (Wildman–Crippen LogP) is 4.56. The van der Waals surface area contributed by atoms with E-state index >= 15 is 0 Å². The molecule has 11 N–H and O–H groups in total. The fourth-order valence-corrected chi connectivity index (χ4v) is 12.4. The average molecular weight is 1140 g/mol. The first-order valence-corrected chi connectivity index (χ1v) is 29.3. The molecule has 1 aliphatic carbocycles. The number of nitrogen functional groups attached to an aromatic ring is 1. The van der Waals surface area contributed by atoms with Gasteiger partial charge in [-0.15, -0.1) is 0 Å². The van der Waals surface area contributed by atoms with Gasteiger partial charge < -0.3 is 56.0 Å². The summed E-state index contributed by atoms with van der Waals surface area (Å²) >= 11 is 1.01. The van der Waals surface area contributed by atoms with Gasteiger partial charge in [-0.2, -0.15) is 4.31 Å². The van der Waals surface area contributed by atoms with Crippen molar-refractivity contribution in [3.8, 4) is 0 Å². The summed E-state index contributed by atoms with van der Waals surface area (Å²) in [6, 6.07) is 17.3. The molecular formula is C47H62N7O18P3S. The van der Waals surface area contributed by atoms with Gasteiger partial charge in [-0.1, -0.05) is 89.7 Å². The number of nitrogens with two attached hydrogens (primary N) is 1. The normalized spacial score (nSPS) is 21.8. The number of aromatic nitrogens is 4. The highest BCUT2D eigenvalue weighted by Crippen LogP contribution is 2.61. The molecule has 1 aliphatic heterocycles. The van der Waals surface area contributed by atoms with Gasteiger partial charge in [0.2, 0.25) is 16.9 Å². The highest BCUT2D eigenvalue weighted by atomic mass is 32.2. The van der Waals surface area contributed by atoms with E-state index in [0.29, 0.717) is 5.56 Å². The van der Waals surface area contributed by atoms with Crippen LogP contribution in [0, 0.1) is 5.41 Å². The Hall–Kier alpha value is -4.56. The van der Waals surface area contributed by atoms with Crippen molar-refractivity contribution < 1.29 is 85.6 Å². The van der Waals surface area contributed by atoms with Crippen molar-refractivity contribution in [1.29, 1.82) is 0 Å². The number of ether oxygens (including phenoxy) is 1. The summed E-state index contributed by atoms with van der Waals surface area (Å²) < 4.78 is 62.7. The number of aliphatic hydroxyl groups is 3. The Bertz CT molecular complexity index is 3140. The first-order valence-electron chi connectivity index (χ1n) is 23.8. The fraction of sp³-hybridized carbons (Fsp3) is 0.489. The van der Waals surface area contributed by atoms with E-state index in [1.807, 2.05) is 30.3 Å². The molecule has 25 nitrogen and oxygen atoms in total. The molecule has 2 aromatic heterocycles. The smallest absolute Gasteiger partial charge is 0.386 e. The van der Waals surface area contributed by atoms with Crippen molar-refractivity contribution in [2.75, 3.05) is 37.8 Å². The number of hydrogen-bond acceptors (Lipinski definition) is 19. The molecule has 8 atom stereocenters. The van der Waals surface area contributed by atoms with Crippen molar-refractivity contribution in [2.45, 2.75) is 108 Å². The van der Waals surface area contributed by atoms with Crippen LogP contribution in [0.2, 0.25) is 0 Å². The molecule has 1 saturated heterocycles. The summed E-state index contributed by atoms with van der Waals surface area (Å²) in [7, 11) is -16.5. The van der Waals surface area contributed by atoms with Crippen LogP contribution in [0.25, 0.3) is 21.9 Å². The monoisotopic (exact) mass is 1140 g/mol. The number of aliphatic hydroxyl groups excluding tert-OH is 3. The van der Waals surface area contributed by atoms with Crippen molar-refractivity contribution in [2.24, 2.45) is 5.41 Å². The first-order chi connectivity index (χ1) is 35.4. The highest BCUT2D eigenvalue weighted by Gasteiger charge is 2.50. The highest BCUT2D eigenvalue weighted by molar-refractivity contribution is 8.14. The predicted molar refractivity (Wildman–Crippen MR) is 276 cm³/mol. The molecule has 7 unspecified atom stereocenters. The number of rotatable bonds is 22. The number of imidazole rings is 1. The third-order valence-electron chi connectivity index (χ3n) is 13.3. The van der Waals surface area contributed by atoms with E-state index in [0.717, 1.165) is 63.7 Å². The van der Waals surface area contributed by atoms with E-state index in [9.17, 15) is 63.0 Å². The van der Waals surface area contributed by atoms with Gasteiger partial charge in [-0.25, -0.2) is 28.6 Å². The zero-order chi connectivity index (χ0) is 55.8. The van der Waals surface area contributed by atoms with Crippen LogP contribution < -0.4 is 16.4 Å². The number of nitrogens with zero attached hydrogens (tertiary/aromatic N) is 4. The van der Waals surface area contributed by atoms with Crippen LogP contribution in [0.3, 0.4) is 0 Å². The summed E-state index contributed by atoms with van der Waals surface area (Å²) in [6.45, 7) is 9.35. The maximum Gasteiger partial charge on any atom is 0.481 e. The van der Waals surface area contributed by atoms with E-state index in [1.54, 1.807) is 12.1 Å². The number of carbonyl (C=O) groups excluding carboxylic acids is 3. The van der Waals surface area contributed by atoms with E-state index in [4.69, 9.17) is 19.5 Å². The molecule has 0 spiro atoms. The Morgan fingerprint density at radius 1 is 0.868 bits per heavy atom. The van der Waals surface area contributed by atoms with E-state index in [2.05, 4.69) is 74.2 Å². The minimum atomic E-state index is -5.61. The van der Waals surface area contributed by atoms with Crippen molar-refractivity contribution >= 4 is 79.9 Å². The van der Waals surface area contributed by atoms with Crippen molar-refractivity contribution in [3.05, 3.63) is 95.1 Å². The molecule has 414 valence electrons. The van der Waals surface area contributed by atoms with Gasteiger partial charge in [0.1, 0.15) is 42.4 Å². The largest absolute Gasteiger partial charge is 0.481 e. The standard InChI is InChI=1S/C47H62N7O18P3S/c1-45(2)14-15-46(3,4)32-21-29(11-12-31(32)45)36(56)28-9-7-27-20-30(10-8-26(27)19-28)44(60)76-18-17-49-34(55)13-16-50-42(59)39(58)47(5,6)23-69-75(66,67)72-74(64,65)68-22-33-38(71-73(61,62)63)37(57)43(70-33)54-25-53-35-40(48)51-24-52-41(35)54/h7-12,19-21,24-25,33,36-39,43,56-58H,13-18,22-23H2,1-6H3,(H,49,55)(H,50,59)(H,64,65)(H,66,67)(H2,48,51,52)(H2,61,62,63)/t33?,36-,37?,38?,39?,43?/m0/s1. The minimum absolute atomic E-state index is 0.00162. The Morgan fingerprint density at radius 2 is 1.51 bits per heavy atom. The number of thioether (sulfide) groups is 1. The Labute approximate surface area is 440 Å². The van der Waals surface area contributed by atoms with Gasteiger partial charge in [-0.05, 0) is 74.9 Å². The molecule has 7 rings (SSSR count). The Kier molecular flexibility index (Phi) is 17.9. The lowest BCUT2D eigenvalue weighted by Gasteiger charge is -2.42. The fourth-order valence-electron chi connectivity index (χ4n) is 8.89. The number of hydrogen-bond donors (Lipinski definition) is 10. The Balaban J connectivity index is 0.815. The summed E-state index contributed by atoms with van der Waals surface area (Å²) in [5.41, 5.74) is 8.90. The van der Waals surface area contributed by atoms with Gasteiger partial charge >= 0.3 is 23.5 Å². The maximum absolute atomic E-state index is 13.1. The van der Waals surface area contributed by atoms with Crippen LogP contribution in [0.4, 0.5) is 5.82 Å². The van der Waals surface area contributed by atoms with Crippen LogP contribution in [0.15, 0.2) is 67.3 Å². The van der Waals surface area contributed by atoms with Gasteiger partial charge in [0.15, 0.2) is 17.7 Å². The van der Waals surface area contributed by atoms with Crippen molar-refractivity contribution in [3.63, 3.8) is 0 Å². The lowest BCUT2D eigenvalue weighted by atomic mass is 9.63. The van der Waals surface area contributed by atoms with Crippen LogP contribution >= 0.6 is 35.2 Å². The van der Waals surface area contributed by atoms with Crippen LogP contribution in [0.5, 0.6) is 0 Å². The molecule has 3 aromatic carbocycles. The Morgan fingerprint density at radius 3 is 2.22 bits per heavy atom. The van der Waals surface area contributed by atoms with Gasteiger partial charge in [-0.3, -0.25) is 32.5 Å². The summed E-state index contributed by atoms with van der Waals surface area (Å²) in [6.07, 6.45) is -5.73. The maximum atomic E-state index is 13.1. The van der Waals surface area contributed by atoms with Gasteiger partial charge in [0.05, 0.1) is 19.5 Å². The number of fused-ring (bicyclic) bond motifs is 3. The van der Waals surface area contributed by atoms with Crippen LogP contribution in [-0.4, -0.2) is 128 Å². The molecule has 5 aromatic rings. The first kappa shape index (κ1) is 59.1. The molecule has 76 heavy (non-hydrogen) atoms. The van der Waals surface area contributed by atoms with Crippen LogP contribution in [-0.2, 0) is 56.7 Å². The number of phosphoric ester groups is 3. The van der Waals surface area contributed by atoms with Crippen LogP contribution in [0.1, 0.15) is 106 Å². The number of nitrogens with one attached hydrogen (secondary N) is 2. The zero-order valence-corrected chi connectivity index (χ0v) is 45.7. The summed E-state index contributed by atoms with van der Waals surface area (Å²) in [5.74, 6) is -1.28.